The number of carbonyl (C=O) groups excluding carboxylic acids is 2. The molecule has 0 saturated heterocycles. The minimum atomic E-state index is -0.900. The lowest BCUT2D eigenvalue weighted by molar-refractivity contribution is -0.143. The van der Waals surface area contributed by atoms with Crippen molar-refractivity contribution in [3.63, 3.8) is 0 Å². The van der Waals surface area contributed by atoms with Crippen LogP contribution in [0.25, 0.3) is 0 Å². The second-order valence-corrected chi connectivity index (χ2v) is 3.70. The number of benzene rings is 1. The zero-order valence-corrected chi connectivity index (χ0v) is 10.5. The van der Waals surface area contributed by atoms with Crippen molar-refractivity contribution in [3.05, 3.63) is 29.6 Å². The minimum absolute atomic E-state index is 0.0534. The lowest BCUT2D eigenvalue weighted by Crippen LogP contribution is -2.24. The Morgan fingerprint density at radius 2 is 2.00 bits per heavy atom. The number of hydrogen-bond donors (Lipinski definition) is 0. The van der Waals surface area contributed by atoms with E-state index in [4.69, 9.17) is 4.74 Å². The lowest BCUT2D eigenvalue weighted by Gasteiger charge is -2.11. The highest BCUT2D eigenvalue weighted by molar-refractivity contribution is 6.08. The summed E-state index contributed by atoms with van der Waals surface area (Å²) >= 11 is 0. The molecule has 0 saturated carbocycles. The predicted molar refractivity (Wildman–Crippen MR) is 63.1 cm³/mol. The molecule has 0 N–H and O–H groups in total. The van der Waals surface area contributed by atoms with Crippen LogP contribution in [0.5, 0.6) is 5.75 Å². The predicted octanol–water partition coefficient (Wildman–Crippen LogP) is 2.22. The molecule has 0 aliphatic heterocycles. The average molecular weight is 254 g/mol. The Labute approximate surface area is 105 Å². The average Bonchev–Trinajstić information content (AvgIpc) is 2.38. The molecule has 1 aromatic carbocycles. The summed E-state index contributed by atoms with van der Waals surface area (Å²) in [6, 6.07) is 3.84. The summed E-state index contributed by atoms with van der Waals surface area (Å²) in [6.45, 7) is 1.69. The number of methoxy groups -OCH3 is 2. The molecule has 0 radical (unpaired) electrons. The highest BCUT2D eigenvalue weighted by Gasteiger charge is 2.27. The third kappa shape index (κ3) is 2.85. The largest absolute Gasteiger partial charge is 0.494 e. The number of ether oxygens (including phenoxy) is 2. The van der Waals surface area contributed by atoms with Gasteiger partial charge in [0.05, 0.1) is 14.2 Å². The smallest absolute Gasteiger partial charge is 0.316 e. The van der Waals surface area contributed by atoms with Crippen LogP contribution in [0.3, 0.4) is 0 Å². The molecular formula is C13H15FO4. The molecule has 4 nitrogen and oxygen atoms in total. The summed E-state index contributed by atoms with van der Waals surface area (Å²) in [5, 5.41) is 0. The number of carbonyl (C=O) groups is 2. The van der Waals surface area contributed by atoms with Gasteiger partial charge in [0.1, 0.15) is 5.92 Å². The third-order valence-corrected chi connectivity index (χ3v) is 2.65. The standard InChI is InChI=1S/C13H15FO4/c1-4-9(13(16)18-3)12(15)8-5-6-11(17-2)10(14)7-8/h5-7,9H,4H2,1-3H3. The van der Waals surface area contributed by atoms with Crippen LogP contribution in [0.2, 0.25) is 0 Å². The van der Waals surface area contributed by atoms with Crippen LogP contribution >= 0.6 is 0 Å². The van der Waals surface area contributed by atoms with Crippen LogP contribution in [-0.2, 0) is 9.53 Å². The molecule has 1 unspecified atom stereocenters. The Bertz CT molecular complexity index is 456. The van der Waals surface area contributed by atoms with E-state index in [0.29, 0.717) is 6.42 Å². The Kier molecular flexibility index (Phi) is 4.83. The van der Waals surface area contributed by atoms with Crippen molar-refractivity contribution in [1.82, 2.24) is 0 Å². The maximum absolute atomic E-state index is 13.5. The van der Waals surface area contributed by atoms with Crippen molar-refractivity contribution in [1.29, 1.82) is 0 Å². The minimum Gasteiger partial charge on any atom is -0.494 e. The van der Waals surface area contributed by atoms with E-state index in [2.05, 4.69) is 4.74 Å². The molecule has 98 valence electrons. The highest BCUT2D eigenvalue weighted by atomic mass is 19.1. The zero-order chi connectivity index (χ0) is 13.7. The van der Waals surface area contributed by atoms with Gasteiger partial charge in [0.15, 0.2) is 17.3 Å². The number of esters is 1. The topological polar surface area (TPSA) is 52.6 Å². The van der Waals surface area contributed by atoms with Crippen molar-refractivity contribution in [2.45, 2.75) is 13.3 Å². The van der Waals surface area contributed by atoms with Crippen molar-refractivity contribution < 1.29 is 23.5 Å². The van der Waals surface area contributed by atoms with E-state index >= 15 is 0 Å². The number of halogens is 1. The maximum Gasteiger partial charge on any atom is 0.316 e. The molecule has 18 heavy (non-hydrogen) atoms. The maximum atomic E-state index is 13.5. The molecule has 0 heterocycles. The lowest BCUT2D eigenvalue weighted by atomic mass is 9.95. The van der Waals surface area contributed by atoms with E-state index in [-0.39, 0.29) is 11.3 Å². The van der Waals surface area contributed by atoms with Gasteiger partial charge >= 0.3 is 5.97 Å². The fourth-order valence-electron chi connectivity index (χ4n) is 1.62. The quantitative estimate of drug-likeness (QED) is 0.459. The first-order chi connectivity index (χ1) is 8.54. The normalized spacial score (nSPS) is 11.8. The highest BCUT2D eigenvalue weighted by Crippen LogP contribution is 2.21. The summed E-state index contributed by atoms with van der Waals surface area (Å²) in [4.78, 5) is 23.4. The van der Waals surface area contributed by atoms with Gasteiger partial charge in [0, 0.05) is 5.56 Å². The fraction of sp³-hybridized carbons (Fsp3) is 0.385. The van der Waals surface area contributed by atoms with Crippen LogP contribution in [0.15, 0.2) is 18.2 Å². The molecule has 0 amide bonds. The summed E-state index contributed by atoms with van der Waals surface area (Å²) in [6.07, 6.45) is 0.305. The van der Waals surface area contributed by atoms with Gasteiger partial charge in [0.2, 0.25) is 0 Å². The number of ketones is 1. The molecular weight excluding hydrogens is 239 g/mol. The van der Waals surface area contributed by atoms with Crippen molar-refractivity contribution in [2.75, 3.05) is 14.2 Å². The van der Waals surface area contributed by atoms with Gasteiger partial charge in [0.25, 0.3) is 0 Å². The number of rotatable bonds is 5. The number of hydrogen-bond acceptors (Lipinski definition) is 4. The molecule has 0 aliphatic carbocycles. The molecule has 0 bridgehead atoms. The van der Waals surface area contributed by atoms with Crippen LogP contribution < -0.4 is 4.74 Å². The van der Waals surface area contributed by atoms with Crippen LogP contribution in [-0.4, -0.2) is 26.0 Å². The van der Waals surface area contributed by atoms with Gasteiger partial charge in [-0.2, -0.15) is 0 Å². The van der Waals surface area contributed by atoms with Crippen molar-refractivity contribution in [2.24, 2.45) is 5.92 Å². The van der Waals surface area contributed by atoms with E-state index in [1.165, 1.54) is 26.4 Å². The Balaban J connectivity index is 3.02. The second-order valence-electron chi connectivity index (χ2n) is 3.70. The van der Waals surface area contributed by atoms with Gasteiger partial charge in [-0.25, -0.2) is 4.39 Å². The summed E-state index contributed by atoms with van der Waals surface area (Å²) in [5.74, 6) is -2.55. The van der Waals surface area contributed by atoms with Gasteiger partial charge < -0.3 is 9.47 Å². The Morgan fingerprint density at radius 1 is 1.33 bits per heavy atom. The van der Waals surface area contributed by atoms with Gasteiger partial charge in [-0.1, -0.05) is 6.92 Å². The van der Waals surface area contributed by atoms with Crippen LogP contribution in [0.1, 0.15) is 23.7 Å². The second kappa shape index (κ2) is 6.14. The first-order valence-corrected chi connectivity index (χ1v) is 5.50. The van der Waals surface area contributed by atoms with E-state index in [0.717, 1.165) is 6.07 Å². The van der Waals surface area contributed by atoms with E-state index in [9.17, 15) is 14.0 Å². The first kappa shape index (κ1) is 14.2. The van der Waals surface area contributed by atoms with Gasteiger partial charge in [-0.15, -0.1) is 0 Å². The molecule has 0 aromatic heterocycles. The monoisotopic (exact) mass is 254 g/mol. The van der Waals surface area contributed by atoms with E-state index in [1.54, 1.807) is 6.92 Å². The van der Waals surface area contributed by atoms with Gasteiger partial charge in [-0.3, -0.25) is 9.59 Å². The molecule has 0 spiro atoms. The molecule has 1 atom stereocenters. The third-order valence-electron chi connectivity index (χ3n) is 2.65. The van der Waals surface area contributed by atoms with Crippen LogP contribution in [0.4, 0.5) is 4.39 Å². The number of Topliss-reactive ketones (excluding diaryl/α,β-unsaturated/α-hetero) is 1. The molecule has 0 aliphatic rings. The molecule has 1 aromatic rings. The van der Waals surface area contributed by atoms with Crippen LogP contribution in [0, 0.1) is 11.7 Å². The summed E-state index contributed by atoms with van der Waals surface area (Å²) in [5.41, 5.74) is 0.130. The molecule has 5 heteroatoms. The van der Waals surface area contributed by atoms with Crippen molar-refractivity contribution in [3.8, 4) is 5.75 Å². The summed E-state index contributed by atoms with van der Waals surface area (Å²) in [7, 11) is 2.55. The first-order valence-electron chi connectivity index (χ1n) is 5.50. The molecule has 1 rings (SSSR count). The zero-order valence-electron chi connectivity index (χ0n) is 10.5. The molecule has 0 fully saturated rings. The Hall–Kier alpha value is -1.91. The Morgan fingerprint density at radius 3 is 2.44 bits per heavy atom. The summed E-state index contributed by atoms with van der Waals surface area (Å²) < 4.78 is 22.8. The van der Waals surface area contributed by atoms with E-state index < -0.39 is 23.5 Å². The fourth-order valence-corrected chi connectivity index (χ4v) is 1.62. The SMILES string of the molecule is CCC(C(=O)OC)C(=O)c1ccc(OC)c(F)c1. The van der Waals surface area contributed by atoms with Gasteiger partial charge in [-0.05, 0) is 24.6 Å². The van der Waals surface area contributed by atoms with Crippen molar-refractivity contribution >= 4 is 11.8 Å². The van der Waals surface area contributed by atoms with E-state index in [1.807, 2.05) is 0 Å².